The summed E-state index contributed by atoms with van der Waals surface area (Å²) in [5.74, 6) is 0.416. The number of hydrogen-bond acceptors (Lipinski definition) is 5. The van der Waals surface area contributed by atoms with Gasteiger partial charge in [0.1, 0.15) is 11.8 Å². The highest BCUT2D eigenvalue weighted by molar-refractivity contribution is 5.81. The molecule has 0 aliphatic rings. The van der Waals surface area contributed by atoms with Crippen molar-refractivity contribution >= 4 is 17.0 Å². The Balaban J connectivity index is 1.87. The van der Waals surface area contributed by atoms with Crippen molar-refractivity contribution in [3.63, 3.8) is 0 Å². The lowest BCUT2D eigenvalue weighted by Gasteiger charge is -2.04. The fourth-order valence-corrected chi connectivity index (χ4v) is 1.94. The van der Waals surface area contributed by atoms with E-state index in [0.717, 1.165) is 18.6 Å². The van der Waals surface area contributed by atoms with Crippen molar-refractivity contribution in [3.05, 3.63) is 30.6 Å². The number of nitrogens with two attached hydrogens (primary N) is 1. The van der Waals surface area contributed by atoms with Crippen LogP contribution in [0.5, 0.6) is 0 Å². The Bertz CT molecular complexity index is 682. The van der Waals surface area contributed by atoms with Crippen LogP contribution in [0.25, 0.3) is 11.2 Å². The number of hydrogen-bond donors (Lipinski definition) is 1. The molecule has 0 aromatic carbocycles. The second-order valence-electron chi connectivity index (χ2n) is 4.07. The van der Waals surface area contributed by atoms with Gasteiger partial charge in [0.15, 0.2) is 11.5 Å². The van der Waals surface area contributed by atoms with Crippen molar-refractivity contribution in [1.82, 2.24) is 29.3 Å². The van der Waals surface area contributed by atoms with Crippen molar-refractivity contribution < 1.29 is 0 Å². The zero-order chi connectivity index (χ0) is 12.5. The van der Waals surface area contributed by atoms with Crippen molar-refractivity contribution in [2.45, 2.75) is 13.0 Å². The summed E-state index contributed by atoms with van der Waals surface area (Å²) in [7, 11) is 1.93. The van der Waals surface area contributed by atoms with Gasteiger partial charge in [-0.3, -0.25) is 4.68 Å². The van der Waals surface area contributed by atoms with Crippen LogP contribution >= 0.6 is 0 Å². The third-order valence-electron chi connectivity index (χ3n) is 2.96. The number of anilines is 1. The highest BCUT2D eigenvalue weighted by atomic mass is 15.3. The Morgan fingerprint density at radius 1 is 1.28 bits per heavy atom. The van der Waals surface area contributed by atoms with Crippen molar-refractivity contribution in [2.75, 3.05) is 5.73 Å². The molecule has 3 aromatic heterocycles. The number of rotatable bonds is 3. The molecule has 3 aromatic rings. The summed E-state index contributed by atoms with van der Waals surface area (Å²) in [6.07, 6.45) is 5.86. The molecule has 0 atom stereocenters. The number of aryl methyl sites for hydroxylation is 3. The first kappa shape index (κ1) is 10.7. The molecule has 0 unspecified atom stereocenters. The Kier molecular flexibility index (Phi) is 2.44. The topological polar surface area (TPSA) is 87.4 Å². The number of fused-ring (bicyclic) bond motifs is 1. The number of nitrogen functional groups attached to an aromatic ring is 1. The lowest BCUT2D eigenvalue weighted by atomic mass is 10.3. The van der Waals surface area contributed by atoms with E-state index in [2.05, 4.69) is 20.1 Å². The molecule has 3 heterocycles. The lowest BCUT2D eigenvalue weighted by Crippen LogP contribution is -2.05. The summed E-state index contributed by atoms with van der Waals surface area (Å²) < 4.78 is 3.84. The highest BCUT2D eigenvalue weighted by Crippen LogP contribution is 2.14. The zero-order valence-corrected chi connectivity index (χ0v) is 9.98. The van der Waals surface area contributed by atoms with Gasteiger partial charge in [0.25, 0.3) is 0 Å². The van der Waals surface area contributed by atoms with Gasteiger partial charge in [0.05, 0.1) is 6.33 Å². The molecule has 0 amide bonds. The van der Waals surface area contributed by atoms with E-state index in [1.807, 2.05) is 22.4 Å². The van der Waals surface area contributed by atoms with Gasteiger partial charge in [-0.15, -0.1) is 0 Å². The van der Waals surface area contributed by atoms with Gasteiger partial charge in [-0.25, -0.2) is 15.0 Å². The van der Waals surface area contributed by atoms with Gasteiger partial charge in [0, 0.05) is 31.9 Å². The molecule has 3 rings (SSSR count). The van der Waals surface area contributed by atoms with Gasteiger partial charge in [-0.1, -0.05) is 0 Å². The Labute approximate surface area is 103 Å². The molecule has 0 saturated carbocycles. The molecule has 0 aliphatic heterocycles. The minimum atomic E-state index is 0.416. The van der Waals surface area contributed by atoms with Crippen LogP contribution in [0, 0.1) is 0 Å². The maximum atomic E-state index is 5.74. The average molecular weight is 243 g/mol. The summed E-state index contributed by atoms with van der Waals surface area (Å²) in [4.78, 5) is 12.4. The van der Waals surface area contributed by atoms with E-state index in [1.165, 1.54) is 12.0 Å². The molecule has 0 radical (unpaired) electrons. The minimum Gasteiger partial charge on any atom is -0.382 e. The number of nitrogens with zero attached hydrogens (tertiary/aromatic N) is 6. The van der Waals surface area contributed by atoms with Crippen LogP contribution in [0.2, 0.25) is 0 Å². The second kappa shape index (κ2) is 4.10. The Morgan fingerprint density at radius 3 is 2.94 bits per heavy atom. The maximum Gasteiger partial charge on any atom is 0.165 e. The van der Waals surface area contributed by atoms with Gasteiger partial charge < -0.3 is 10.3 Å². The molecule has 0 saturated heterocycles. The van der Waals surface area contributed by atoms with Crippen LogP contribution in [-0.2, 0) is 20.0 Å². The van der Waals surface area contributed by atoms with Crippen molar-refractivity contribution in [1.29, 1.82) is 0 Å². The molecule has 2 N–H and O–H groups in total. The van der Waals surface area contributed by atoms with E-state index in [-0.39, 0.29) is 0 Å². The predicted octanol–water partition coefficient (Wildman–Crippen LogP) is 0.385. The van der Waals surface area contributed by atoms with E-state index < -0.39 is 0 Å². The molecular weight excluding hydrogens is 230 g/mol. The summed E-state index contributed by atoms with van der Waals surface area (Å²) in [6, 6.07) is 2.00. The van der Waals surface area contributed by atoms with Gasteiger partial charge in [0.2, 0.25) is 0 Å². The standard InChI is InChI=1S/C11H13N7/c1-17-8(2-4-16-17)3-5-18-7-15-9-10(12)13-6-14-11(9)18/h2,4,6-7H,3,5H2,1H3,(H2,12,13,14). The fourth-order valence-electron chi connectivity index (χ4n) is 1.94. The molecule has 7 nitrogen and oxygen atoms in total. The average Bonchev–Trinajstić information content (AvgIpc) is 2.94. The first-order valence-corrected chi connectivity index (χ1v) is 5.64. The molecular formula is C11H13N7. The first-order valence-electron chi connectivity index (χ1n) is 5.64. The second-order valence-corrected chi connectivity index (χ2v) is 4.07. The third kappa shape index (κ3) is 1.69. The predicted molar refractivity (Wildman–Crippen MR) is 66.6 cm³/mol. The summed E-state index contributed by atoms with van der Waals surface area (Å²) in [6.45, 7) is 0.784. The smallest absolute Gasteiger partial charge is 0.165 e. The van der Waals surface area contributed by atoms with E-state index in [9.17, 15) is 0 Å². The first-order chi connectivity index (χ1) is 8.75. The van der Waals surface area contributed by atoms with Crippen molar-refractivity contribution in [2.24, 2.45) is 7.05 Å². The van der Waals surface area contributed by atoms with Crippen LogP contribution < -0.4 is 5.73 Å². The SMILES string of the molecule is Cn1nccc1CCn1cnc2c(N)ncnc21. The zero-order valence-electron chi connectivity index (χ0n) is 9.98. The van der Waals surface area contributed by atoms with Gasteiger partial charge >= 0.3 is 0 Å². The largest absolute Gasteiger partial charge is 0.382 e. The lowest BCUT2D eigenvalue weighted by molar-refractivity contribution is 0.643. The van der Waals surface area contributed by atoms with E-state index in [1.54, 1.807) is 12.5 Å². The summed E-state index contributed by atoms with van der Waals surface area (Å²) in [5, 5.41) is 4.14. The molecule has 7 heteroatoms. The third-order valence-corrected chi connectivity index (χ3v) is 2.96. The number of imidazole rings is 1. The van der Waals surface area contributed by atoms with Gasteiger partial charge in [-0.2, -0.15) is 5.10 Å². The minimum absolute atomic E-state index is 0.416. The highest BCUT2D eigenvalue weighted by Gasteiger charge is 2.08. The molecule has 0 bridgehead atoms. The summed E-state index contributed by atoms with van der Waals surface area (Å²) in [5.41, 5.74) is 8.33. The molecule has 0 spiro atoms. The molecule has 92 valence electrons. The molecule has 0 fully saturated rings. The van der Waals surface area contributed by atoms with E-state index >= 15 is 0 Å². The Hall–Kier alpha value is -2.44. The van der Waals surface area contributed by atoms with Crippen LogP contribution in [-0.4, -0.2) is 29.3 Å². The van der Waals surface area contributed by atoms with Crippen LogP contribution in [0.1, 0.15) is 5.69 Å². The fraction of sp³-hybridized carbons (Fsp3) is 0.273. The van der Waals surface area contributed by atoms with E-state index in [4.69, 9.17) is 5.73 Å². The normalized spacial score (nSPS) is 11.2. The Morgan fingerprint density at radius 2 is 2.17 bits per heavy atom. The maximum absolute atomic E-state index is 5.74. The molecule has 0 aliphatic carbocycles. The summed E-state index contributed by atoms with van der Waals surface area (Å²) >= 11 is 0. The van der Waals surface area contributed by atoms with E-state index in [0.29, 0.717) is 11.3 Å². The van der Waals surface area contributed by atoms with Crippen LogP contribution in [0.15, 0.2) is 24.9 Å². The van der Waals surface area contributed by atoms with Crippen LogP contribution in [0.4, 0.5) is 5.82 Å². The van der Waals surface area contributed by atoms with Crippen molar-refractivity contribution in [3.8, 4) is 0 Å². The molecule has 18 heavy (non-hydrogen) atoms. The quantitative estimate of drug-likeness (QED) is 0.718. The number of aromatic nitrogens is 6. The monoisotopic (exact) mass is 243 g/mol. The van der Waals surface area contributed by atoms with Crippen LogP contribution in [0.3, 0.4) is 0 Å². The van der Waals surface area contributed by atoms with Gasteiger partial charge in [-0.05, 0) is 6.07 Å².